The molecule has 0 saturated heterocycles. The number of ether oxygens (including phenoxy) is 12. The van der Waals surface area contributed by atoms with Crippen molar-refractivity contribution in [3.8, 4) is 57.1 Å². The fraction of sp³-hybridized carbons (Fsp3) is 0.372. The standard InChI is InChI=1S/C43H46O15/c1-21(44)54-39-31-20-29(35(50-7)41(53-10)38(31)58-33(43(39)56-23(3)46)25-13-17-27(48-5)18-14-25)28-19-30-36(51-8)42(55-22(2)45)32(24-11-15-26(47-4)16-12-24)57-37(30)40(52-9)34(28)49-6/h11-20,32-33,36,39,42-43H,1-10H3/t32-,33+,36-,39+,42-,43-/m0/s1. The molecule has 0 N–H and O–H groups in total. The lowest BCUT2D eigenvalue weighted by atomic mass is 9.86. The second-order valence-electron chi connectivity index (χ2n) is 13.3. The normalized spacial score (nSPS) is 20.4. The lowest BCUT2D eigenvalue weighted by molar-refractivity contribution is -0.178. The number of methoxy groups -OCH3 is 7. The summed E-state index contributed by atoms with van der Waals surface area (Å²) in [7, 11) is 10.4. The van der Waals surface area contributed by atoms with Gasteiger partial charge >= 0.3 is 17.9 Å². The Morgan fingerprint density at radius 1 is 0.466 bits per heavy atom. The van der Waals surface area contributed by atoms with E-state index in [0.717, 1.165) is 0 Å². The van der Waals surface area contributed by atoms with Crippen molar-refractivity contribution < 1.29 is 71.2 Å². The second kappa shape index (κ2) is 17.4. The van der Waals surface area contributed by atoms with E-state index >= 15 is 0 Å². The first-order valence-electron chi connectivity index (χ1n) is 18.2. The second-order valence-corrected chi connectivity index (χ2v) is 13.3. The molecular weight excluding hydrogens is 756 g/mol. The lowest BCUT2D eigenvalue weighted by Crippen LogP contribution is -2.39. The Morgan fingerprint density at radius 3 is 1.16 bits per heavy atom. The van der Waals surface area contributed by atoms with Crippen LogP contribution in [0.2, 0.25) is 0 Å². The summed E-state index contributed by atoms with van der Waals surface area (Å²) in [5.41, 5.74) is 2.80. The van der Waals surface area contributed by atoms with Crippen LogP contribution in [-0.4, -0.2) is 79.9 Å². The van der Waals surface area contributed by atoms with Crippen LogP contribution in [0.1, 0.15) is 67.4 Å². The van der Waals surface area contributed by atoms with Crippen molar-refractivity contribution >= 4 is 17.9 Å². The third-order valence-corrected chi connectivity index (χ3v) is 9.88. The highest BCUT2D eigenvalue weighted by Crippen LogP contribution is 2.60. The van der Waals surface area contributed by atoms with E-state index < -0.39 is 54.5 Å². The first-order valence-corrected chi connectivity index (χ1v) is 18.2. The number of carbonyl (C=O) groups excluding carboxylic acids is 3. The molecule has 0 aliphatic carbocycles. The number of esters is 3. The molecule has 6 atom stereocenters. The van der Waals surface area contributed by atoms with E-state index in [4.69, 9.17) is 56.8 Å². The topological polar surface area (TPSA) is 162 Å². The molecule has 0 saturated carbocycles. The largest absolute Gasteiger partial charge is 0.497 e. The Balaban J connectivity index is 1.61. The fourth-order valence-corrected chi connectivity index (χ4v) is 7.49. The Bertz CT molecular complexity index is 2150. The number of hydrogen-bond donors (Lipinski definition) is 0. The van der Waals surface area contributed by atoms with E-state index in [-0.39, 0.29) is 34.5 Å². The van der Waals surface area contributed by atoms with Crippen LogP contribution in [0.15, 0.2) is 60.7 Å². The Hall–Kier alpha value is -6.35. The number of benzene rings is 4. The van der Waals surface area contributed by atoms with E-state index in [0.29, 0.717) is 44.9 Å². The van der Waals surface area contributed by atoms with Gasteiger partial charge in [-0.25, -0.2) is 0 Å². The smallest absolute Gasteiger partial charge is 0.303 e. The summed E-state index contributed by atoms with van der Waals surface area (Å²) in [6.45, 7) is 3.82. The molecule has 0 fully saturated rings. The summed E-state index contributed by atoms with van der Waals surface area (Å²) in [6, 6.07) is 17.6. The van der Waals surface area contributed by atoms with Crippen molar-refractivity contribution in [3.63, 3.8) is 0 Å². The van der Waals surface area contributed by atoms with Crippen molar-refractivity contribution in [3.05, 3.63) is 82.9 Å². The molecule has 0 radical (unpaired) electrons. The first kappa shape index (κ1) is 41.3. The van der Waals surface area contributed by atoms with Gasteiger partial charge in [0.25, 0.3) is 0 Å². The van der Waals surface area contributed by atoms with Gasteiger partial charge in [-0.1, -0.05) is 24.3 Å². The van der Waals surface area contributed by atoms with Crippen LogP contribution in [0.4, 0.5) is 0 Å². The Kier molecular flexibility index (Phi) is 12.4. The molecule has 0 bridgehead atoms. The van der Waals surface area contributed by atoms with Crippen LogP contribution >= 0.6 is 0 Å². The van der Waals surface area contributed by atoms with Gasteiger partial charge in [0.15, 0.2) is 53.5 Å². The summed E-state index contributed by atoms with van der Waals surface area (Å²) in [4.78, 5) is 38.1. The number of hydrogen-bond acceptors (Lipinski definition) is 15. The first-order chi connectivity index (χ1) is 27.9. The van der Waals surface area contributed by atoms with Gasteiger partial charge in [0.2, 0.25) is 11.5 Å². The third kappa shape index (κ3) is 7.69. The molecule has 0 aromatic heterocycles. The molecule has 15 heteroatoms. The maximum atomic E-state index is 12.8. The zero-order valence-electron chi connectivity index (χ0n) is 33.9. The molecule has 2 aliphatic heterocycles. The Morgan fingerprint density at radius 2 is 0.828 bits per heavy atom. The van der Waals surface area contributed by atoms with Gasteiger partial charge in [-0.15, -0.1) is 0 Å². The molecule has 2 heterocycles. The van der Waals surface area contributed by atoms with Crippen molar-refractivity contribution in [2.24, 2.45) is 0 Å². The van der Waals surface area contributed by atoms with Crippen LogP contribution in [0, 0.1) is 0 Å². The van der Waals surface area contributed by atoms with E-state index in [1.54, 1.807) is 62.8 Å². The summed E-state index contributed by atoms with van der Waals surface area (Å²) < 4.78 is 72.0. The van der Waals surface area contributed by atoms with Crippen LogP contribution in [-0.2, 0) is 33.3 Å². The molecule has 0 amide bonds. The van der Waals surface area contributed by atoms with Crippen LogP contribution in [0.5, 0.6) is 46.0 Å². The van der Waals surface area contributed by atoms with Crippen molar-refractivity contribution in [2.45, 2.75) is 57.4 Å². The van der Waals surface area contributed by atoms with Gasteiger partial charge in [-0.2, -0.15) is 0 Å². The number of carbonyl (C=O) groups is 3. The van der Waals surface area contributed by atoms with Gasteiger partial charge in [-0.05, 0) is 47.5 Å². The van der Waals surface area contributed by atoms with Crippen molar-refractivity contribution in [1.82, 2.24) is 0 Å². The minimum Gasteiger partial charge on any atom is -0.497 e. The highest BCUT2D eigenvalue weighted by molar-refractivity contribution is 5.86. The zero-order valence-corrected chi connectivity index (χ0v) is 33.9. The zero-order chi connectivity index (χ0) is 41.8. The molecule has 15 nitrogen and oxygen atoms in total. The van der Waals surface area contributed by atoms with E-state index in [1.165, 1.54) is 56.3 Å². The Labute approximate surface area is 335 Å². The minimum absolute atomic E-state index is 0.141. The highest BCUT2D eigenvalue weighted by atomic mass is 16.6. The van der Waals surface area contributed by atoms with Gasteiger partial charge in [0.05, 0.1) is 42.7 Å². The predicted octanol–water partition coefficient (Wildman–Crippen LogP) is 6.83. The van der Waals surface area contributed by atoms with Gasteiger partial charge < -0.3 is 56.8 Å². The molecular formula is C43H46O15. The average Bonchev–Trinajstić information content (AvgIpc) is 3.22. The molecule has 2 aliphatic rings. The van der Waals surface area contributed by atoms with Crippen molar-refractivity contribution in [2.75, 3.05) is 49.8 Å². The van der Waals surface area contributed by atoms with Gasteiger partial charge in [-0.3, -0.25) is 14.4 Å². The maximum Gasteiger partial charge on any atom is 0.303 e. The summed E-state index contributed by atoms with van der Waals surface area (Å²) in [5, 5.41) is 0. The fourth-order valence-electron chi connectivity index (χ4n) is 7.49. The minimum atomic E-state index is -1.20. The SMILES string of the molecule is COc1ccc([C@H]2Oc3c(cc(-c4cc5c(c(OC)c4OC)O[C@@H](c4ccc(OC)cc4)[C@H](OC(C)=O)[C@H]5OC)c(OC)c3OC)[C@@H](OC(C)=O)[C@H]2OC(C)=O)cc1. The molecule has 6 rings (SSSR count). The summed E-state index contributed by atoms with van der Waals surface area (Å²) in [6.07, 6.45) is -6.01. The lowest BCUT2D eigenvalue weighted by Gasteiger charge is -2.40. The number of fused-ring (bicyclic) bond motifs is 2. The molecule has 0 unspecified atom stereocenters. The predicted molar refractivity (Wildman–Crippen MR) is 206 cm³/mol. The number of rotatable bonds is 13. The van der Waals surface area contributed by atoms with Crippen molar-refractivity contribution in [1.29, 1.82) is 0 Å². The van der Waals surface area contributed by atoms with Gasteiger partial charge in [0, 0.05) is 50.1 Å². The third-order valence-electron chi connectivity index (χ3n) is 9.88. The van der Waals surface area contributed by atoms with E-state index in [1.807, 2.05) is 12.1 Å². The molecule has 58 heavy (non-hydrogen) atoms. The summed E-state index contributed by atoms with van der Waals surface area (Å²) in [5.74, 6) is 0.628. The van der Waals surface area contributed by atoms with Crippen LogP contribution < -0.4 is 37.9 Å². The molecule has 308 valence electrons. The van der Waals surface area contributed by atoms with Crippen LogP contribution in [0.3, 0.4) is 0 Å². The molecule has 4 aromatic carbocycles. The molecule has 0 spiro atoms. The molecule has 4 aromatic rings. The monoisotopic (exact) mass is 802 g/mol. The van der Waals surface area contributed by atoms with Gasteiger partial charge in [0.1, 0.15) is 17.6 Å². The van der Waals surface area contributed by atoms with E-state index in [9.17, 15) is 14.4 Å². The average molecular weight is 803 g/mol. The highest BCUT2D eigenvalue weighted by Gasteiger charge is 2.48. The van der Waals surface area contributed by atoms with E-state index in [2.05, 4.69) is 0 Å². The maximum absolute atomic E-state index is 12.8. The quantitative estimate of drug-likeness (QED) is 0.102. The summed E-state index contributed by atoms with van der Waals surface area (Å²) >= 11 is 0. The van der Waals surface area contributed by atoms with Crippen LogP contribution in [0.25, 0.3) is 11.1 Å².